The van der Waals surface area contributed by atoms with Crippen molar-refractivity contribution in [2.75, 3.05) is 50.1 Å². The molecule has 3 aromatic rings. The Hall–Kier alpha value is -3.04. The van der Waals surface area contributed by atoms with Gasteiger partial charge in [-0.15, -0.1) is 0 Å². The highest BCUT2D eigenvalue weighted by Gasteiger charge is 2.25. The first-order chi connectivity index (χ1) is 17.2. The summed E-state index contributed by atoms with van der Waals surface area (Å²) in [5, 5.41) is 3.58. The summed E-state index contributed by atoms with van der Waals surface area (Å²) in [5.41, 5.74) is 5.26. The van der Waals surface area contributed by atoms with Crippen LogP contribution in [-0.2, 0) is 17.7 Å². The monoisotopic (exact) mass is 475 g/mol. The molecule has 0 spiro atoms. The topological polar surface area (TPSA) is 88.5 Å². The van der Waals surface area contributed by atoms with Gasteiger partial charge in [-0.2, -0.15) is 0 Å². The van der Waals surface area contributed by atoms with E-state index < -0.39 is 0 Å². The number of ether oxygens (including phenoxy) is 2. The van der Waals surface area contributed by atoms with E-state index in [1.54, 1.807) is 12.4 Å². The van der Waals surface area contributed by atoms with Gasteiger partial charge < -0.3 is 24.6 Å². The highest BCUT2D eigenvalue weighted by atomic mass is 16.5. The number of aromatic nitrogens is 4. The lowest BCUT2D eigenvalue weighted by atomic mass is 9.93. The molecular weight excluding hydrogens is 442 g/mol. The van der Waals surface area contributed by atoms with Gasteiger partial charge in [0, 0.05) is 74.5 Å². The first kappa shape index (κ1) is 22.4. The minimum absolute atomic E-state index is 0.165. The second-order valence-corrected chi connectivity index (χ2v) is 9.86. The number of anilines is 2. The molecule has 3 aliphatic rings. The zero-order valence-corrected chi connectivity index (χ0v) is 20.3. The molecule has 0 unspecified atom stereocenters. The van der Waals surface area contributed by atoms with E-state index in [0.717, 1.165) is 99.9 Å². The zero-order chi connectivity index (χ0) is 23.6. The van der Waals surface area contributed by atoms with Crippen LogP contribution in [0.15, 0.2) is 30.7 Å². The number of benzene rings is 1. The number of fused-ring (bicyclic) bond motifs is 2. The van der Waals surface area contributed by atoms with E-state index >= 15 is 0 Å². The number of nitrogens with zero attached hydrogens (tertiary/aromatic N) is 6. The summed E-state index contributed by atoms with van der Waals surface area (Å²) in [6.45, 7) is 5.24. The lowest BCUT2D eigenvalue weighted by molar-refractivity contribution is 0.122. The summed E-state index contributed by atoms with van der Waals surface area (Å²) in [6, 6.07) is 4.61. The minimum Gasteiger partial charge on any atom is -0.488 e. The molecule has 1 aromatic carbocycles. The van der Waals surface area contributed by atoms with Crippen LogP contribution < -0.4 is 15.0 Å². The number of morpholine rings is 1. The molecule has 184 valence electrons. The molecule has 4 heterocycles. The number of rotatable bonds is 5. The van der Waals surface area contributed by atoms with E-state index in [1.807, 2.05) is 6.20 Å². The quantitative estimate of drug-likeness (QED) is 0.598. The Balaban J connectivity index is 1.11. The molecule has 2 aliphatic heterocycles. The van der Waals surface area contributed by atoms with Crippen LogP contribution in [0.25, 0.3) is 11.0 Å². The van der Waals surface area contributed by atoms with Gasteiger partial charge in [-0.3, -0.25) is 4.98 Å². The molecule has 35 heavy (non-hydrogen) atoms. The van der Waals surface area contributed by atoms with E-state index in [4.69, 9.17) is 14.5 Å². The van der Waals surface area contributed by atoms with Crippen molar-refractivity contribution >= 4 is 22.7 Å². The first-order valence-corrected chi connectivity index (χ1v) is 12.8. The molecule has 0 atom stereocenters. The first-order valence-electron chi connectivity index (χ1n) is 12.8. The summed E-state index contributed by atoms with van der Waals surface area (Å²) >= 11 is 0. The van der Waals surface area contributed by atoms with Gasteiger partial charge in [-0.25, -0.2) is 15.0 Å². The Morgan fingerprint density at radius 1 is 1.00 bits per heavy atom. The maximum Gasteiger partial charge on any atom is 0.223 e. The van der Waals surface area contributed by atoms with Crippen LogP contribution in [0.3, 0.4) is 0 Å². The molecule has 9 heteroatoms. The fourth-order valence-electron chi connectivity index (χ4n) is 5.34. The van der Waals surface area contributed by atoms with Crippen molar-refractivity contribution in [1.82, 2.24) is 24.8 Å². The zero-order valence-electron chi connectivity index (χ0n) is 20.3. The molecule has 1 saturated heterocycles. The van der Waals surface area contributed by atoms with E-state index in [1.165, 1.54) is 11.3 Å². The summed E-state index contributed by atoms with van der Waals surface area (Å²) < 4.78 is 12.1. The van der Waals surface area contributed by atoms with Gasteiger partial charge >= 0.3 is 0 Å². The fraction of sp³-hybridized carbons (Fsp3) is 0.538. The minimum atomic E-state index is 0.165. The summed E-state index contributed by atoms with van der Waals surface area (Å²) in [4.78, 5) is 23.2. The van der Waals surface area contributed by atoms with Crippen LogP contribution in [0, 0.1) is 0 Å². The van der Waals surface area contributed by atoms with Crippen molar-refractivity contribution in [3.8, 4) is 5.75 Å². The van der Waals surface area contributed by atoms with E-state index in [2.05, 4.69) is 49.2 Å². The average Bonchev–Trinajstić information content (AvgIpc) is 2.90. The van der Waals surface area contributed by atoms with Crippen LogP contribution in [-0.4, -0.2) is 76.9 Å². The molecule has 0 radical (unpaired) electrons. The SMILES string of the molecule is CN1CCc2nc(NC3CCC(Oc4cc(N5CCOCC5)cc5nccnc45)CC3)ncc2C1. The Morgan fingerprint density at radius 3 is 2.69 bits per heavy atom. The third kappa shape index (κ3) is 5.01. The summed E-state index contributed by atoms with van der Waals surface area (Å²) in [7, 11) is 2.14. The lowest BCUT2D eigenvalue weighted by Gasteiger charge is -2.31. The van der Waals surface area contributed by atoms with Crippen molar-refractivity contribution in [1.29, 1.82) is 0 Å². The fourth-order valence-corrected chi connectivity index (χ4v) is 5.34. The van der Waals surface area contributed by atoms with Gasteiger partial charge in [0.2, 0.25) is 5.95 Å². The number of hydrogen-bond donors (Lipinski definition) is 1. The molecule has 1 saturated carbocycles. The van der Waals surface area contributed by atoms with E-state index in [-0.39, 0.29) is 6.10 Å². The second kappa shape index (κ2) is 9.91. The van der Waals surface area contributed by atoms with E-state index in [0.29, 0.717) is 6.04 Å². The summed E-state index contributed by atoms with van der Waals surface area (Å²) in [5.74, 6) is 1.59. The van der Waals surface area contributed by atoms with Gasteiger partial charge in [0.15, 0.2) is 0 Å². The maximum atomic E-state index is 6.56. The third-order valence-electron chi connectivity index (χ3n) is 7.33. The van der Waals surface area contributed by atoms with E-state index in [9.17, 15) is 0 Å². The van der Waals surface area contributed by atoms with Gasteiger partial charge in [-0.1, -0.05) is 0 Å². The molecule has 2 fully saturated rings. The number of likely N-dealkylation sites (N-methyl/N-ethyl adjacent to an activating group) is 1. The third-order valence-corrected chi connectivity index (χ3v) is 7.33. The Morgan fingerprint density at radius 2 is 1.83 bits per heavy atom. The Labute approximate surface area is 205 Å². The number of hydrogen-bond acceptors (Lipinski definition) is 9. The molecule has 9 nitrogen and oxygen atoms in total. The second-order valence-electron chi connectivity index (χ2n) is 9.86. The van der Waals surface area contributed by atoms with Crippen molar-refractivity contribution in [2.45, 2.75) is 50.8 Å². The molecule has 2 aromatic heterocycles. The lowest BCUT2D eigenvalue weighted by Crippen LogP contribution is -2.36. The molecule has 0 amide bonds. The molecule has 0 bridgehead atoms. The predicted octanol–water partition coefficient (Wildman–Crippen LogP) is 3.05. The largest absolute Gasteiger partial charge is 0.488 e. The van der Waals surface area contributed by atoms with Gasteiger partial charge in [0.25, 0.3) is 0 Å². The molecule has 6 rings (SSSR count). The van der Waals surface area contributed by atoms with Crippen molar-refractivity contribution in [3.05, 3.63) is 42.0 Å². The molecular formula is C26H33N7O2. The van der Waals surface area contributed by atoms with Crippen LogP contribution in [0.2, 0.25) is 0 Å². The smallest absolute Gasteiger partial charge is 0.223 e. The van der Waals surface area contributed by atoms with Gasteiger partial charge in [0.1, 0.15) is 11.3 Å². The number of nitrogens with one attached hydrogen (secondary N) is 1. The van der Waals surface area contributed by atoms with Crippen molar-refractivity contribution < 1.29 is 9.47 Å². The maximum absolute atomic E-state index is 6.56. The van der Waals surface area contributed by atoms with Crippen molar-refractivity contribution in [2.24, 2.45) is 0 Å². The average molecular weight is 476 g/mol. The Bertz CT molecular complexity index is 1180. The van der Waals surface area contributed by atoms with Crippen molar-refractivity contribution in [3.63, 3.8) is 0 Å². The van der Waals surface area contributed by atoms with Crippen LogP contribution in [0.1, 0.15) is 36.9 Å². The van der Waals surface area contributed by atoms with Crippen LogP contribution in [0.4, 0.5) is 11.6 Å². The standard InChI is InChI=1S/C26H33N7O2/c1-32-9-6-22-18(17-32)16-29-26(31-22)30-19-2-4-21(5-3-19)35-24-15-20(33-10-12-34-13-11-33)14-23-25(24)28-8-7-27-23/h7-8,14-16,19,21H,2-6,9-13,17H2,1H3,(H,29,30,31). The highest BCUT2D eigenvalue weighted by Crippen LogP contribution is 2.33. The van der Waals surface area contributed by atoms with Gasteiger partial charge in [-0.05, 0) is 38.8 Å². The molecule has 1 N–H and O–H groups in total. The highest BCUT2D eigenvalue weighted by molar-refractivity contribution is 5.85. The predicted molar refractivity (Wildman–Crippen MR) is 135 cm³/mol. The van der Waals surface area contributed by atoms with Crippen LogP contribution in [0.5, 0.6) is 5.75 Å². The Kier molecular flexibility index (Phi) is 6.35. The van der Waals surface area contributed by atoms with Gasteiger partial charge in [0.05, 0.1) is 30.5 Å². The summed E-state index contributed by atoms with van der Waals surface area (Å²) in [6.07, 6.45) is 10.6. The molecule has 1 aliphatic carbocycles. The van der Waals surface area contributed by atoms with Crippen LogP contribution >= 0.6 is 0 Å². The normalized spacial score (nSPS) is 23.2.